The van der Waals surface area contributed by atoms with Gasteiger partial charge in [-0.1, -0.05) is 18.2 Å². The third-order valence-electron chi connectivity index (χ3n) is 4.94. The average molecular weight is 407 g/mol. The van der Waals surface area contributed by atoms with Crippen LogP contribution < -0.4 is 5.32 Å². The van der Waals surface area contributed by atoms with Crippen LogP contribution in [0.25, 0.3) is 0 Å². The summed E-state index contributed by atoms with van der Waals surface area (Å²) in [5, 5.41) is 2.92. The molecule has 1 unspecified atom stereocenters. The lowest BCUT2D eigenvalue weighted by Gasteiger charge is -2.35. The number of amides is 1. The van der Waals surface area contributed by atoms with Crippen LogP contribution in [0, 0.1) is 0 Å². The summed E-state index contributed by atoms with van der Waals surface area (Å²) in [6.45, 7) is 2.77. The van der Waals surface area contributed by atoms with E-state index in [1.54, 1.807) is 6.20 Å². The van der Waals surface area contributed by atoms with E-state index in [0.717, 1.165) is 23.4 Å². The Kier molecular flexibility index (Phi) is 7.22. The standard InChI is InChI=1S/C21H24F3N3O2/c22-21(23,24)17-6-4-16(5-7-17)19(27-11-13-29-14-12-27)15-26-20(28)9-8-18-3-1-2-10-25-18/h1-7,10,19H,8-9,11-15H2,(H,26,28). The Balaban J connectivity index is 1.63. The number of morpholine rings is 1. The molecule has 1 aromatic heterocycles. The van der Waals surface area contributed by atoms with Crippen molar-refractivity contribution in [2.45, 2.75) is 25.1 Å². The Labute approximate surface area is 167 Å². The first-order chi connectivity index (χ1) is 13.9. The molecule has 8 heteroatoms. The Morgan fingerprint density at radius 2 is 1.86 bits per heavy atom. The molecule has 1 aliphatic heterocycles. The zero-order valence-corrected chi connectivity index (χ0v) is 16.0. The molecule has 0 aliphatic carbocycles. The monoisotopic (exact) mass is 407 g/mol. The molecule has 29 heavy (non-hydrogen) atoms. The lowest BCUT2D eigenvalue weighted by Crippen LogP contribution is -2.43. The highest BCUT2D eigenvalue weighted by Gasteiger charge is 2.31. The fourth-order valence-corrected chi connectivity index (χ4v) is 3.33. The van der Waals surface area contributed by atoms with Crippen molar-refractivity contribution in [2.24, 2.45) is 0 Å². The average Bonchev–Trinajstić information content (AvgIpc) is 2.74. The molecule has 5 nitrogen and oxygen atoms in total. The number of aromatic nitrogens is 1. The summed E-state index contributed by atoms with van der Waals surface area (Å²) < 4.78 is 44.0. The Morgan fingerprint density at radius 3 is 2.48 bits per heavy atom. The van der Waals surface area contributed by atoms with E-state index in [2.05, 4.69) is 15.2 Å². The molecule has 0 bridgehead atoms. The van der Waals surface area contributed by atoms with Crippen molar-refractivity contribution in [2.75, 3.05) is 32.8 Å². The lowest BCUT2D eigenvalue weighted by molar-refractivity contribution is -0.137. The smallest absolute Gasteiger partial charge is 0.379 e. The summed E-state index contributed by atoms with van der Waals surface area (Å²) in [6, 6.07) is 10.5. The normalized spacial score (nSPS) is 16.4. The van der Waals surface area contributed by atoms with E-state index in [1.165, 1.54) is 12.1 Å². The van der Waals surface area contributed by atoms with Gasteiger partial charge in [-0.05, 0) is 36.2 Å². The highest BCUT2D eigenvalue weighted by Crippen LogP contribution is 2.31. The van der Waals surface area contributed by atoms with Crippen LogP contribution in [0.2, 0.25) is 0 Å². The molecule has 1 fully saturated rings. The number of pyridine rings is 1. The molecule has 1 atom stereocenters. The van der Waals surface area contributed by atoms with Crippen LogP contribution in [0.1, 0.15) is 29.3 Å². The minimum absolute atomic E-state index is 0.110. The summed E-state index contributed by atoms with van der Waals surface area (Å²) >= 11 is 0. The number of ether oxygens (including phenoxy) is 1. The van der Waals surface area contributed by atoms with E-state index in [1.807, 2.05) is 18.2 Å². The summed E-state index contributed by atoms with van der Waals surface area (Å²) in [4.78, 5) is 18.6. The fourth-order valence-electron chi connectivity index (χ4n) is 3.33. The molecule has 2 heterocycles. The second-order valence-corrected chi connectivity index (χ2v) is 6.91. The summed E-state index contributed by atoms with van der Waals surface area (Å²) in [5.74, 6) is -0.110. The topological polar surface area (TPSA) is 54.5 Å². The quantitative estimate of drug-likeness (QED) is 0.766. The number of benzene rings is 1. The molecule has 3 rings (SSSR count). The summed E-state index contributed by atoms with van der Waals surface area (Å²) in [5.41, 5.74) is 0.904. The van der Waals surface area contributed by atoms with Crippen LogP contribution in [0.5, 0.6) is 0 Å². The van der Waals surface area contributed by atoms with Gasteiger partial charge in [0.15, 0.2) is 0 Å². The van der Waals surface area contributed by atoms with Gasteiger partial charge in [-0.25, -0.2) is 0 Å². The number of halogens is 3. The maximum absolute atomic E-state index is 12.9. The van der Waals surface area contributed by atoms with E-state index in [4.69, 9.17) is 4.74 Å². The minimum Gasteiger partial charge on any atom is -0.379 e. The molecule has 1 saturated heterocycles. The third-order valence-corrected chi connectivity index (χ3v) is 4.94. The van der Waals surface area contributed by atoms with Crippen molar-refractivity contribution in [3.05, 3.63) is 65.5 Å². The van der Waals surface area contributed by atoms with Crippen LogP contribution in [0.4, 0.5) is 13.2 Å². The van der Waals surface area contributed by atoms with Crippen LogP contribution >= 0.6 is 0 Å². The van der Waals surface area contributed by atoms with E-state index < -0.39 is 11.7 Å². The number of carbonyl (C=O) groups is 1. The van der Waals surface area contributed by atoms with Crippen molar-refractivity contribution >= 4 is 5.91 Å². The highest BCUT2D eigenvalue weighted by molar-refractivity contribution is 5.76. The number of hydrogen-bond acceptors (Lipinski definition) is 4. The first kappa shape index (κ1) is 21.3. The lowest BCUT2D eigenvalue weighted by atomic mass is 10.0. The Hall–Kier alpha value is -2.45. The van der Waals surface area contributed by atoms with E-state index >= 15 is 0 Å². The van der Waals surface area contributed by atoms with Gasteiger partial charge in [0.05, 0.1) is 24.8 Å². The Bertz CT molecular complexity index is 776. The van der Waals surface area contributed by atoms with E-state index in [0.29, 0.717) is 45.7 Å². The van der Waals surface area contributed by atoms with Gasteiger partial charge in [-0.2, -0.15) is 13.2 Å². The first-order valence-electron chi connectivity index (χ1n) is 9.59. The number of rotatable bonds is 7. The van der Waals surface area contributed by atoms with Gasteiger partial charge in [-0.3, -0.25) is 14.7 Å². The second-order valence-electron chi connectivity index (χ2n) is 6.91. The molecule has 1 aliphatic rings. The third kappa shape index (κ3) is 6.27. The molecule has 0 spiro atoms. The van der Waals surface area contributed by atoms with Gasteiger partial charge >= 0.3 is 6.18 Å². The number of nitrogens with one attached hydrogen (secondary N) is 1. The van der Waals surface area contributed by atoms with Crippen molar-refractivity contribution in [3.8, 4) is 0 Å². The van der Waals surface area contributed by atoms with E-state index in [9.17, 15) is 18.0 Å². The van der Waals surface area contributed by atoms with Gasteiger partial charge in [0.1, 0.15) is 0 Å². The van der Waals surface area contributed by atoms with Crippen molar-refractivity contribution in [1.82, 2.24) is 15.2 Å². The number of alkyl halides is 3. The fraction of sp³-hybridized carbons (Fsp3) is 0.429. The number of hydrogen-bond donors (Lipinski definition) is 1. The SMILES string of the molecule is O=C(CCc1ccccn1)NCC(c1ccc(C(F)(F)F)cc1)N1CCOCC1. The maximum Gasteiger partial charge on any atom is 0.416 e. The van der Waals surface area contributed by atoms with Crippen LogP contribution in [-0.2, 0) is 22.1 Å². The van der Waals surface area contributed by atoms with Crippen molar-refractivity contribution in [1.29, 1.82) is 0 Å². The molecule has 1 N–H and O–H groups in total. The van der Waals surface area contributed by atoms with Crippen LogP contribution in [-0.4, -0.2) is 48.6 Å². The molecular weight excluding hydrogens is 383 g/mol. The predicted octanol–water partition coefficient (Wildman–Crippen LogP) is 3.22. The minimum atomic E-state index is -4.37. The van der Waals surface area contributed by atoms with Gasteiger partial charge in [-0.15, -0.1) is 0 Å². The number of nitrogens with zero attached hydrogens (tertiary/aromatic N) is 2. The first-order valence-corrected chi connectivity index (χ1v) is 9.59. The predicted molar refractivity (Wildman–Crippen MR) is 102 cm³/mol. The largest absolute Gasteiger partial charge is 0.416 e. The maximum atomic E-state index is 12.9. The van der Waals surface area contributed by atoms with Gasteiger partial charge in [0, 0.05) is 37.9 Å². The molecule has 0 saturated carbocycles. The zero-order chi connectivity index (χ0) is 20.7. The summed E-state index contributed by atoms with van der Waals surface area (Å²) in [7, 11) is 0. The summed E-state index contributed by atoms with van der Waals surface area (Å²) in [6.07, 6.45) is -1.84. The molecule has 0 radical (unpaired) electrons. The van der Waals surface area contributed by atoms with Crippen LogP contribution in [0.15, 0.2) is 48.7 Å². The highest BCUT2D eigenvalue weighted by atomic mass is 19.4. The van der Waals surface area contributed by atoms with Crippen molar-refractivity contribution in [3.63, 3.8) is 0 Å². The molecule has 2 aromatic rings. The Morgan fingerprint density at radius 1 is 1.14 bits per heavy atom. The van der Waals surface area contributed by atoms with Gasteiger partial charge in [0.25, 0.3) is 0 Å². The van der Waals surface area contributed by atoms with E-state index in [-0.39, 0.29) is 11.9 Å². The number of carbonyl (C=O) groups excluding carboxylic acids is 1. The second kappa shape index (κ2) is 9.84. The molecule has 1 amide bonds. The van der Waals surface area contributed by atoms with Crippen molar-refractivity contribution < 1.29 is 22.7 Å². The van der Waals surface area contributed by atoms with Gasteiger partial charge in [0.2, 0.25) is 5.91 Å². The molecular formula is C21H24F3N3O2. The molecule has 156 valence electrons. The molecule has 1 aromatic carbocycles. The zero-order valence-electron chi connectivity index (χ0n) is 16.0. The van der Waals surface area contributed by atoms with Gasteiger partial charge < -0.3 is 10.1 Å². The van der Waals surface area contributed by atoms with Crippen LogP contribution in [0.3, 0.4) is 0 Å². The number of aryl methyl sites for hydroxylation is 1.